The average molecular weight is 398 g/mol. The molecule has 0 aliphatic heterocycles. The molecule has 1 N–H and O–H groups in total. The van der Waals surface area contributed by atoms with Crippen LogP contribution in [0.5, 0.6) is 0 Å². The van der Waals surface area contributed by atoms with Crippen LogP contribution < -0.4 is 5.56 Å². The highest BCUT2D eigenvalue weighted by molar-refractivity contribution is 7.98. The maximum Gasteiger partial charge on any atom is 0.337 e. The summed E-state index contributed by atoms with van der Waals surface area (Å²) in [6, 6.07) is 12.7. The number of rotatable bonds is 6. The van der Waals surface area contributed by atoms with E-state index in [9.17, 15) is 14.7 Å². The van der Waals surface area contributed by atoms with Gasteiger partial charge in [-0.1, -0.05) is 36.0 Å². The van der Waals surface area contributed by atoms with E-state index in [0.29, 0.717) is 27.4 Å². The predicted molar refractivity (Wildman–Crippen MR) is 110 cm³/mol. The molecule has 3 aromatic rings. The first-order valence-corrected chi connectivity index (χ1v) is 9.87. The highest BCUT2D eigenvalue weighted by atomic mass is 32.2. The number of carbonyl (C=O) groups is 1. The third kappa shape index (κ3) is 4.26. The number of aromatic nitrogens is 2. The summed E-state index contributed by atoms with van der Waals surface area (Å²) in [6.07, 6.45) is -0.691. The van der Waals surface area contributed by atoms with Gasteiger partial charge in [0.15, 0.2) is 5.16 Å². The molecule has 6 nitrogen and oxygen atoms in total. The van der Waals surface area contributed by atoms with Crippen molar-refractivity contribution in [3.05, 3.63) is 69.5 Å². The average Bonchev–Trinajstić information content (AvgIpc) is 2.68. The van der Waals surface area contributed by atoms with Gasteiger partial charge in [-0.05, 0) is 43.2 Å². The van der Waals surface area contributed by atoms with E-state index in [1.54, 1.807) is 25.1 Å². The van der Waals surface area contributed by atoms with Crippen LogP contribution in [-0.2, 0) is 17.0 Å². The number of benzene rings is 2. The number of aliphatic hydroxyl groups is 1. The van der Waals surface area contributed by atoms with Crippen LogP contribution >= 0.6 is 11.8 Å². The van der Waals surface area contributed by atoms with Crippen LogP contribution in [0.25, 0.3) is 10.9 Å². The first-order chi connectivity index (χ1) is 13.4. The number of fused-ring (bicyclic) bond motifs is 1. The topological polar surface area (TPSA) is 81.4 Å². The fraction of sp³-hybridized carbons (Fsp3) is 0.286. The molecule has 0 aliphatic carbocycles. The van der Waals surface area contributed by atoms with Gasteiger partial charge < -0.3 is 9.84 Å². The molecule has 0 unspecified atom stereocenters. The van der Waals surface area contributed by atoms with E-state index in [1.807, 2.05) is 31.2 Å². The molecule has 2 aromatic carbocycles. The summed E-state index contributed by atoms with van der Waals surface area (Å²) >= 11 is 1.43. The van der Waals surface area contributed by atoms with E-state index >= 15 is 0 Å². The molecular weight excluding hydrogens is 376 g/mol. The quantitative estimate of drug-likeness (QED) is 0.390. The number of hydrogen-bond acceptors (Lipinski definition) is 6. The van der Waals surface area contributed by atoms with Gasteiger partial charge in [0.1, 0.15) is 0 Å². The minimum Gasteiger partial charge on any atom is -0.465 e. The van der Waals surface area contributed by atoms with E-state index in [1.165, 1.54) is 23.4 Å². The number of nitrogens with zero attached hydrogens (tertiary/aromatic N) is 2. The molecule has 0 saturated heterocycles. The van der Waals surface area contributed by atoms with Crippen molar-refractivity contribution in [2.24, 2.45) is 0 Å². The maximum absolute atomic E-state index is 13.0. The molecule has 146 valence electrons. The third-order valence-electron chi connectivity index (χ3n) is 4.41. The number of methoxy groups -OCH3 is 1. The second kappa shape index (κ2) is 8.58. The monoisotopic (exact) mass is 398 g/mol. The Morgan fingerprint density at radius 1 is 1.29 bits per heavy atom. The molecule has 1 aromatic heterocycles. The van der Waals surface area contributed by atoms with Gasteiger partial charge in [-0.2, -0.15) is 0 Å². The summed E-state index contributed by atoms with van der Waals surface area (Å²) in [5, 5.41) is 10.7. The standard InChI is InChI=1S/C21H22N2O4S/c1-13-6-4-5-7-16(13)12-28-21-22-18-10-15(20(26)27-3)8-9-17(18)19(25)23(21)11-14(2)24/h4-10,14,24H,11-12H2,1-3H3/t14-/m0/s1. The van der Waals surface area contributed by atoms with Crippen molar-refractivity contribution in [3.63, 3.8) is 0 Å². The summed E-state index contributed by atoms with van der Waals surface area (Å²) < 4.78 is 6.25. The van der Waals surface area contributed by atoms with Gasteiger partial charge >= 0.3 is 5.97 Å². The van der Waals surface area contributed by atoms with Crippen molar-refractivity contribution in [1.82, 2.24) is 9.55 Å². The molecule has 0 amide bonds. The number of aliphatic hydroxyl groups excluding tert-OH is 1. The van der Waals surface area contributed by atoms with Crippen LogP contribution in [0, 0.1) is 6.92 Å². The number of ether oxygens (including phenoxy) is 1. The summed E-state index contributed by atoms with van der Waals surface area (Å²) in [5.74, 6) is 0.159. The number of thioether (sulfide) groups is 1. The zero-order valence-electron chi connectivity index (χ0n) is 16.0. The molecule has 3 rings (SSSR count). The van der Waals surface area contributed by atoms with Crippen LogP contribution in [0.15, 0.2) is 52.4 Å². The minimum absolute atomic E-state index is 0.149. The van der Waals surface area contributed by atoms with Crippen molar-refractivity contribution in [2.75, 3.05) is 7.11 Å². The predicted octanol–water partition coefficient (Wildman–Crippen LogP) is 3.16. The Bertz CT molecular complexity index is 1080. The summed E-state index contributed by atoms with van der Waals surface area (Å²) in [4.78, 5) is 29.4. The van der Waals surface area contributed by atoms with E-state index < -0.39 is 12.1 Å². The first kappa shape index (κ1) is 20.1. The van der Waals surface area contributed by atoms with Gasteiger partial charge in [0.25, 0.3) is 5.56 Å². The van der Waals surface area contributed by atoms with Gasteiger partial charge in [0.2, 0.25) is 0 Å². The second-order valence-electron chi connectivity index (χ2n) is 6.60. The van der Waals surface area contributed by atoms with Crippen LogP contribution in [-0.4, -0.2) is 33.8 Å². The van der Waals surface area contributed by atoms with Crippen LogP contribution in [0.3, 0.4) is 0 Å². The van der Waals surface area contributed by atoms with Gasteiger partial charge in [-0.3, -0.25) is 9.36 Å². The minimum atomic E-state index is -0.691. The smallest absolute Gasteiger partial charge is 0.337 e. The SMILES string of the molecule is COC(=O)c1ccc2c(=O)n(C[C@H](C)O)c(SCc3ccccc3C)nc2c1. The largest absolute Gasteiger partial charge is 0.465 e. The van der Waals surface area contributed by atoms with E-state index in [-0.39, 0.29) is 12.1 Å². The second-order valence-corrected chi connectivity index (χ2v) is 7.54. The number of hydrogen-bond donors (Lipinski definition) is 1. The van der Waals surface area contributed by atoms with Gasteiger partial charge in [0.05, 0.1) is 36.2 Å². The van der Waals surface area contributed by atoms with Crippen molar-refractivity contribution < 1.29 is 14.6 Å². The Hall–Kier alpha value is -2.64. The molecule has 0 bridgehead atoms. The molecule has 1 heterocycles. The molecule has 28 heavy (non-hydrogen) atoms. The first-order valence-electron chi connectivity index (χ1n) is 8.89. The molecule has 0 radical (unpaired) electrons. The molecule has 0 fully saturated rings. The lowest BCUT2D eigenvalue weighted by atomic mass is 10.1. The normalized spacial score (nSPS) is 12.1. The highest BCUT2D eigenvalue weighted by Crippen LogP contribution is 2.24. The Kier molecular flexibility index (Phi) is 6.16. The van der Waals surface area contributed by atoms with E-state index in [0.717, 1.165) is 11.1 Å². The molecular formula is C21H22N2O4S. The lowest BCUT2D eigenvalue weighted by molar-refractivity contribution is 0.0601. The number of esters is 1. The number of aryl methyl sites for hydroxylation is 1. The van der Waals surface area contributed by atoms with Gasteiger partial charge in [0, 0.05) is 5.75 Å². The summed E-state index contributed by atoms with van der Waals surface area (Å²) in [6.45, 7) is 3.82. The Morgan fingerprint density at radius 2 is 2.04 bits per heavy atom. The lowest BCUT2D eigenvalue weighted by Crippen LogP contribution is -2.28. The molecule has 0 saturated carbocycles. The van der Waals surface area contributed by atoms with Crippen molar-refractivity contribution in [1.29, 1.82) is 0 Å². The number of carbonyl (C=O) groups excluding carboxylic acids is 1. The zero-order valence-corrected chi connectivity index (χ0v) is 16.8. The van der Waals surface area contributed by atoms with Gasteiger partial charge in [-0.15, -0.1) is 0 Å². The fourth-order valence-electron chi connectivity index (χ4n) is 2.90. The Labute approximate surface area is 167 Å². The molecule has 1 atom stereocenters. The molecule has 0 aliphatic rings. The highest BCUT2D eigenvalue weighted by Gasteiger charge is 2.16. The van der Waals surface area contributed by atoms with Crippen molar-refractivity contribution in [2.45, 2.75) is 37.4 Å². The van der Waals surface area contributed by atoms with E-state index in [4.69, 9.17) is 4.74 Å². The van der Waals surface area contributed by atoms with Crippen LogP contribution in [0.1, 0.15) is 28.4 Å². The Balaban J connectivity index is 2.07. The Morgan fingerprint density at radius 3 is 2.71 bits per heavy atom. The zero-order chi connectivity index (χ0) is 20.3. The fourth-order valence-corrected chi connectivity index (χ4v) is 3.98. The lowest BCUT2D eigenvalue weighted by Gasteiger charge is -2.15. The third-order valence-corrected chi connectivity index (χ3v) is 5.43. The maximum atomic E-state index is 13.0. The van der Waals surface area contributed by atoms with E-state index in [2.05, 4.69) is 4.98 Å². The van der Waals surface area contributed by atoms with Gasteiger partial charge in [-0.25, -0.2) is 9.78 Å². The molecule has 0 spiro atoms. The summed E-state index contributed by atoms with van der Waals surface area (Å²) in [5.41, 5.74) is 2.84. The van der Waals surface area contributed by atoms with Crippen molar-refractivity contribution >= 4 is 28.6 Å². The molecule has 7 heteroatoms. The van der Waals surface area contributed by atoms with Crippen LogP contribution in [0.4, 0.5) is 0 Å². The summed E-state index contributed by atoms with van der Waals surface area (Å²) in [7, 11) is 1.31. The van der Waals surface area contributed by atoms with Crippen molar-refractivity contribution in [3.8, 4) is 0 Å². The van der Waals surface area contributed by atoms with Crippen LogP contribution in [0.2, 0.25) is 0 Å².